The van der Waals surface area contributed by atoms with E-state index >= 15 is 0 Å². The molecule has 1 amide bonds. The average Bonchev–Trinajstić information content (AvgIpc) is 2.88. The third-order valence-corrected chi connectivity index (χ3v) is 4.83. The summed E-state index contributed by atoms with van der Waals surface area (Å²) >= 11 is 3.76. The van der Waals surface area contributed by atoms with E-state index < -0.39 is 44.7 Å². The number of hydrogen-bond donors (Lipinski definition) is 1. The fraction of sp³-hybridized carbons (Fsp3) is 0.900. The quantitative estimate of drug-likeness (QED) is 0.500. The van der Waals surface area contributed by atoms with E-state index in [0.717, 1.165) is 0 Å². The van der Waals surface area contributed by atoms with E-state index in [2.05, 4.69) is 11.6 Å². The summed E-state index contributed by atoms with van der Waals surface area (Å²) in [5, 5.41) is -12.3. The predicted molar refractivity (Wildman–Crippen MR) is 65.7 cm³/mol. The van der Waals surface area contributed by atoms with Gasteiger partial charge < -0.3 is 0 Å². The molecule has 0 radical (unpaired) electrons. The third kappa shape index (κ3) is 4.45. The second-order valence-corrected chi connectivity index (χ2v) is 7.30. The summed E-state index contributed by atoms with van der Waals surface area (Å²) in [6.45, 7) is 0. The van der Waals surface area contributed by atoms with Gasteiger partial charge in [0, 0.05) is 5.92 Å². The normalized spacial score (nSPS) is 18.4. The van der Waals surface area contributed by atoms with Gasteiger partial charge in [0.05, 0.1) is 0 Å². The molecular weight excluding hydrogens is 418 g/mol. The Kier molecular flexibility index (Phi) is 5.92. The van der Waals surface area contributed by atoms with Gasteiger partial charge >= 0.3 is 32.9 Å². The van der Waals surface area contributed by atoms with E-state index in [0.29, 0.717) is 17.6 Å². The molecule has 0 heterocycles. The summed E-state index contributed by atoms with van der Waals surface area (Å²) in [5.74, 6) is -2.61. The molecule has 0 bridgehead atoms. The lowest BCUT2D eigenvalue weighted by Gasteiger charge is -2.30. The second-order valence-electron chi connectivity index (χ2n) is 5.10. The molecule has 0 aromatic rings. The van der Waals surface area contributed by atoms with Crippen molar-refractivity contribution in [3.63, 3.8) is 0 Å². The number of sulfonamides is 1. The topological polar surface area (TPSA) is 72.5 Å². The zero-order valence-corrected chi connectivity index (χ0v) is 13.4. The molecule has 0 unspecified atom stereocenters. The molecule has 0 spiro atoms. The van der Waals surface area contributed by atoms with Crippen LogP contribution >= 0.6 is 11.6 Å². The van der Waals surface area contributed by atoms with Gasteiger partial charge in [0.25, 0.3) is 0 Å². The van der Waals surface area contributed by atoms with Crippen molar-refractivity contribution in [3.8, 4) is 0 Å². The first-order valence-electron chi connectivity index (χ1n) is 6.41. The molecule has 1 saturated carbocycles. The fourth-order valence-corrected chi connectivity index (χ4v) is 2.86. The van der Waals surface area contributed by atoms with Crippen LogP contribution in [0.3, 0.4) is 0 Å². The molecule has 0 aromatic heterocycles. The Hall–Kier alpha value is -0.890. The fourth-order valence-electron chi connectivity index (χ4n) is 1.90. The van der Waals surface area contributed by atoms with E-state index in [4.69, 9.17) is 0 Å². The molecule has 1 aliphatic carbocycles. The molecule has 1 N–H and O–H groups in total. The highest BCUT2D eigenvalue weighted by Gasteiger charge is 2.74. The van der Waals surface area contributed by atoms with E-state index in [1.165, 1.54) is 0 Å². The summed E-state index contributed by atoms with van der Waals surface area (Å²) in [7, 11) is -6.60. The van der Waals surface area contributed by atoms with E-state index in [9.17, 15) is 48.3 Å². The van der Waals surface area contributed by atoms with Gasteiger partial charge in [-0.1, -0.05) is 12.8 Å². The molecule has 0 saturated heterocycles. The van der Waals surface area contributed by atoms with Gasteiger partial charge in [-0.25, -0.2) is 9.46 Å². The lowest BCUT2D eigenvalue weighted by Crippen LogP contribution is -2.58. The summed E-state index contributed by atoms with van der Waals surface area (Å²) in [4.78, 5) is 11.5. The van der Waals surface area contributed by atoms with Crippen molar-refractivity contribution in [3.05, 3.63) is 0 Å². The Morgan fingerprint density at radius 3 is 1.80 bits per heavy atom. The first kappa shape index (κ1) is 22.2. The molecule has 0 aliphatic heterocycles. The number of ether oxygens (including phenoxy) is 1. The lowest BCUT2D eigenvalue weighted by atomic mass is 10.1. The molecule has 5 nitrogen and oxygen atoms in total. The second kappa shape index (κ2) is 6.68. The number of carbonyl (C=O) groups excluding carboxylic acids is 1. The van der Waals surface area contributed by atoms with E-state index in [1.54, 1.807) is 0 Å². The van der Waals surface area contributed by atoms with Crippen molar-refractivity contribution in [1.29, 1.82) is 0 Å². The van der Waals surface area contributed by atoms with Gasteiger partial charge in [-0.3, -0.25) is 4.79 Å². The first-order chi connectivity index (χ1) is 10.9. The van der Waals surface area contributed by atoms with Crippen molar-refractivity contribution < 1.29 is 53.1 Å². The molecule has 1 aliphatic rings. The number of hydrogen-bond acceptors (Lipinski definition) is 4. The highest BCUT2D eigenvalue weighted by atomic mass is 35.5. The van der Waals surface area contributed by atoms with Crippen LogP contribution in [0.5, 0.6) is 0 Å². The zero-order chi connectivity index (χ0) is 19.9. The number of carbonyl (C=O) groups is 1. The molecule has 0 aromatic carbocycles. The number of alkyl halides is 9. The molecule has 148 valence electrons. The Labute approximate surface area is 140 Å². The molecule has 15 heteroatoms. The Morgan fingerprint density at radius 2 is 1.40 bits per heavy atom. The number of nitrogens with one attached hydrogen (secondary N) is 1. The molecule has 25 heavy (non-hydrogen) atoms. The first-order valence-corrected chi connectivity index (χ1v) is 8.27. The van der Waals surface area contributed by atoms with Crippen LogP contribution in [0.25, 0.3) is 0 Å². The average molecular weight is 428 g/mol. The molecule has 1 rings (SSSR count). The van der Waals surface area contributed by atoms with Crippen molar-refractivity contribution in [2.24, 2.45) is 5.92 Å². The van der Waals surface area contributed by atoms with Gasteiger partial charge in [-0.05, 0) is 24.4 Å². The standard InChI is InChI=1S/C10H10ClF8NO4S/c11-7(12,13)8(14,15)24-9(16,17)10(18,19)25(22,23)20-6(21)5-3-1-2-4-5/h5H,1-4H2,(H,20,21). The SMILES string of the molecule is O=C(NS(=O)(=O)C(F)(F)C(F)(F)OC(F)(F)C(F)(F)Cl)C1CCCC1. The van der Waals surface area contributed by atoms with Crippen LogP contribution in [-0.2, 0) is 19.6 Å². The maximum Gasteiger partial charge on any atom is 0.453 e. The summed E-state index contributed by atoms with van der Waals surface area (Å²) in [6.07, 6.45) is -11.9. The minimum Gasteiger partial charge on any atom is -0.274 e. The van der Waals surface area contributed by atoms with Crippen molar-refractivity contribution >= 4 is 27.5 Å². The molecular formula is C10H10ClF8NO4S. The van der Waals surface area contributed by atoms with Crippen molar-refractivity contribution in [1.82, 2.24) is 4.72 Å². The third-order valence-electron chi connectivity index (χ3n) is 3.22. The highest BCUT2D eigenvalue weighted by Crippen LogP contribution is 2.47. The van der Waals surface area contributed by atoms with Gasteiger partial charge in [-0.2, -0.15) is 43.5 Å². The lowest BCUT2D eigenvalue weighted by molar-refractivity contribution is -0.442. The van der Waals surface area contributed by atoms with Crippen LogP contribution in [0.4, 0.5) is 35.1 Å². The van der Waals surface area contributed by atoms with Crippen molar-refractivity contribution in [2.75, 3.05) is 0 Å². The summed E-state index contributed by atoms with van der Waals surface area (Å²) < 4.78 is 128. The minimum atomic E-state index is -6.64. The van der Waals surface area contributed by atoms with Crippen LogP contribution in [0.1, 0.15) is 25.7 Å². The van der Waals surface area contributed by atoms with Crippen molar-refractivity contribution in [2.45, 2.75) is 48.5 Å². The molecule has 1 fully saturated rings. The number of halogens is 9. The smallest absolute Gasteiger partial charge is 0.274 e. The maximum absolute atomic E-state index is 13.4. The Morgan fingerprint density at radius 1 is 0.960 bits per heavy atom. The Bertz CT molecular complexity index is 615. The highest BCUT2D eigenvalue weighted by molar-refractivity contribution is 7.91. The van der Waals surface area contributed by atoms with Crippen LogP contribution in [0, 0.1) is 5.92 Å². The zero-order valence-electron chi connectivity index (χ0n) is 11.8. The largest absolute Gasteiger partial charge is 0.453 e. The monoisotopic (exact) mass is 427 g/mol. The van der Waals surface area contributed by atoms with Gasteiger partial charge in [0.1, 0.15) is 0 Å². The van der Waals surface area contributed by atoms with Crippen LogP contribution in [-0.4, -0.2) is 37.2 Å². The molecule has 0 atom stereocenters. The summed E-state index contributed by atoms with van der Waals surface area (Å²) in [6, 6.07) is 0. The van der Waals surface area contributed by atoms with Gasteiger partial charge in [0.2, 0.25) is 5.91 Å². The van der Waals surface area contributed by atoms with Crippen LogP contribution in [0.2, 0.25) is 0 Å². The van der Waals surface area contributed by atoms with Crippen LogP contribution in [0.15, 0.2) is 0 Å². The van der Waals surface area contributed by atoms with Gasteiger partial charge in [0.15, 0.2) is 0 Å². The Balaban J connectivity index is 3.04. The van der Waals surface area contributed by atoms with E-state index in [1.807, 2.05) is 4.74 Å². The maximum atomic E-state index is 13.4. The summed E-state index contributed by atoms with van der Waals surface area (Å²) in [5.41, 5.74) is 0. The minimum absolute atomic E-state index is 0.0936. The van der Waals surface area contributed by atoms with Gasteiger partial charge in [-0.15, -0.1) is 0 Å². The predicted octanol–water partition coefficient (Wildman–Crippen LogP) is 3.25. The van der Waals surface area contributed by atoms with E-state index in [-0.39, 0.29) is 12.8 Å². The number of rotatable bonds is 7. The number of amides is 1. The van der Waals surface area contributed by atoms with Crippen LogP contribution < -0.4 is 4.72 Å².